The number of rotatable bonds is 3. The fraction of sp³-hybridized carbons (Fsp3) is 0.350. The van der Waals surface area contributed by atoms with Crippen molar-refractivity contribution in [3.05, 3.63) is 64.7 Å². The molecule has 4 heteroatoms. The Kier molecular flexibility index (Phi) is 4.65. The molecule has 0 aliphatic carbocycles. The summed E-state index contributed by atoms with van der Waals surface area (Å²) >= 11 is 0. The van der Waals surface area contributed by atoms with Gasteiger partial charge in [-0.15, -0.1) is 0 Å². The number of halogens is 2. The van der Waals surface area contributed by atoms with Gasteiger partial charge in [0, 0.05) is 24.7 Å². The number of anilines is 1. The SMILES string of the molecule is Cc1cccc(C)c1N1CC(Cc2ccc(F)cc2F)CCC1=O. The number of nitrogens with zero attached hydrogens (tertiary/aromatic N) is 1. The van der Waals surface area contributed by atoms with Gasteiger partial charge >= 0.3 is 0 Å². The van der Waals surface area contributed by atoms with E-state index in [0.29, 0.717) is 24.9 Å². The first-order chi connectivity index (χ1) is 11.5. The van der Waals surface area contributed by atoms with Crippen LogP contribution >= 0.6 is 0 Å². The van der Waals surface area contributed by atoms with E-state index in [1.54, 1.807) is 0 Å². The van der Waals surface area contributed by atoms with Crippen LogP contribution in [0.2, 0.25) is 0 Å². The van der Waals surface area contributed by atoms with Gasteiger partial charge in [-0.3, -0.25) is 4.79 Å². The summed E-state index contributed by atoms with van der Waals surface area (Å²) in [6.07, 6.45) is 1.71. The molecule has 1 atom stereocenters. The summed E-state index contributed by atoms with van der Waals surface area (Å²) in [5.41, 5.74) is 3.61. The maximum absolute atomic E-state index is 13.9. The Balaban J connectivity index is 1.82. The second-order valence-corrected chi connectivity index (χ2v) is 6.59. The molecular formula is C20H21F2NO. The van der Waals surface area contributed by atoms with Gasteiger partial charge in [-0.05, 0) is 55.4 Å². The topological polar surface area (TPSA) is 20.3 Å². The summed E-state index contributed by atoms with van der Waals surface area (Å²) in [5, 5.41) is 0. The lowest BCUT2D eigenvalue weighted by Crippen LogP contribution is -2.41. The molecule has 1 aliphatic heterocycles. The molecule has 2 aromatic rings. The molecular weight excluding hydrogens is 308 g/mol. The molecule has 3 rings (SSSR count). The van der Waals surface area contributed by atoms with E-state index in [1.165, 1.54) is 12.1 Å². The van der Waals surface area contributed by atoms with Crippen molar-refractivity contribution < 1.29 is 13.6 Å². The van der Waals surface area contributed by atoms with Crippen molar-refractivity contribution >= 4 is 11.6 Å². The van der Waals surface area contributed by atoms with Crippen molar-refractivity contribution in [1.82, 2.24) is 0 Å². The smallest absolute Gasteiger partial charge is 0.227 e. The van der Waals surface area contributed by atoms with E-state index in [1.807, 2.05) is 36.9 Å². The fourth-order valence-electron chi connectivity index (χ4n) is 3.53. The predicted octanol–water partition coefficient (Wildman–Crippen LogP) is 4.57. The van der Waals surface area contributed by atoms with Gasteiger partial charge in [-0.25, -0.2) is 8.78 Å². The van der Waals surface area contributed by atoms with Crippen LogP contribution in [0.1, 0.15) is 29.5 Å². The lowest BCUT2D eigenvalue weighted by atomic mass is 9.89. The quantitative estimate of drug-likeness (QED) is 0.808. The van der Waals surface area contributed by atoms with Crippen molar-refractivity contribution in [2.75, 3.05) is 11.4 Å². The maximum atomic E-state index is 13.9. The van der Waals surface area contributed by atoms with Crippen molar-refractivity contribution in [3.63, 3.8) is 0 Å². The van der Waals surface area contributed by atoms with Gasteiger partial charge in [0.15, 0.2) is 0 Å². The number of carbonyl (C=O) groups is 1. The molecule has 0 aromatic heterocycles. The minimum atomic E-state index is -0.563. The molecule has 0 saturated carbocycles. The zero-order chi connectivity index (χ0) is 17.3. The second-order valence-electron chi connectivity index (χ2n) is 6.59. The van der Waals surface area contributed by atoms with Crippen LogP contribution in [0.3, 0.4) is 0 Å². The van der Waals surface area contributed by atoms with E-state index >= 15 is 0 Å². The highest BCUT2D eigenvalue weighted by atomic mass is 19.1. The summed E-state index contributed by atoms with van der Waals surface area (Å²) in [5.74, 6) is -0.789. The molecule has 0 bridgehead atoms. The van der Waals surface area contributed by atoms with E-state index in [-0.39, 0.29) is 11.8 Å². The van der Waals surface area contributed by atoms with Gasteiger partial charge in [0.1, 0.15) is 11.6 Å². The zero-order valence-corrected chi connectivity index (χ0v) is 14.0. The average Bonchev–Trinajstić information content (AvgIpc) is 2.53. The Bertz CT molecular complexity index is 752. The molecule has 1 saturated heterocycles. The molecule has 1 fully saturated rings. The highest BCUT2D eigenvalue weighted by molar-refractivity contribution is 5.95. The van der Waals surface area contributed by atoms with Crippen molar-refractivity contribution in [1.29, 1.82) is 0 Å². The summed E-state index contributed by atoms with van der Waals surface area (Å²) in [6.45, 7) is 4.57. The number of piperidine rings is 1. The van der Waals surface area contributed by atoms with Gasteiger partial charge in [0.05, 0.1) is 0 Å². The van der Waals surface area contributed by atoms with Gasteiger partial charge in [-0.2, -0.15) is 0 Å². The molecule has 0 spiro atoms. The molecule has 1 amide bonds. The minimum Gasteiger partial charge on any atom is -0.312 e. The average molecular weight is 329 g/mol. The maximum Gasteiger partial charge on any atom is 0.227 e. The molecule has 2 nitrogen and oxygen atoms in total. The predicted molar refractivity (Wildman–Crippen MR) is 91.1 cm³/mol. The summed E-state index contributed by atoms with van der Waals surface area (Å²) in [6, 6.07) is 9.69. The molecule has 126 valence electrons. The van der Waals surface area contributed by atoms with E-state index in [0.717, 1.165) is 29.3 Å². The van der Waals surface area contributed by atoms with E-state index in [2.05, 4.69) is 0 Å². The van der Waals surface area contributed by atoms with E-state index in [4.69, 9.17) is 0 Å². The van der Waals surface area contributed by atoms with Crippen LogP contribution in [-0.2, 0) is 11.2 Å². The Morgan fingerprint density at radius 1 is 1.12 bits per heavy atom. The summed E-state index contributed by atoms with van der Waals surface area (Å²) in [4.78, 5) is 14.2. The number of amides is 1. The first kappa shape index (κ1) is 16.6. The van der Waals surface area contributed by atoms with Gasteiger partial charge in [0.2, 0.25) is 5.91 Å². The second kappa shape index (κ2) is 6.71. The highest BCUT2D eigenvalue weighted by Gasteiger charge is 2.29. The third-order valence-corrected chi connectivity index (χ3v) is 4.74. The van der Waals surface area contributed by atoms with E-state index in [9.17, 15) is 13.6 Å². The van der Waals surface area contributed by atoms with Crippen molar-refractivity contribution in [2.45, 2.75) is 33.1 Å². The first-order valence-electron chi connectivity index (χ1n) is 8.26. The minimum absolute atomic E-state index is 0.114. The highest BCUT2D eigenvalue weighted by Crippen LogP contribution is 2.31. The number of benzene rings is 2. The Hall–Kier alpha value is -2.23. The molecule has 2 aromatic carbocycles. The zero-order valence-electron chi connectivity index (χ0n) is 14.0. The molecule has 0 N–H and O–H groups in total. The number of hydrogen-bond donors (Lipinski definition) is 0. The van der Waals surface area contributed by atoms with Crippen LogP contribution in [0.5, 0.6) is 0 Å². The van der Waals surface area contributed by atoms with Gasteiger partial charge in [0.25, 0.3) is 0 Å². The third kappa shape index (κ3) is 3.32. The summed E-state index contributed by atoms with van der Waals surface area (Å²) < 4.78 is 27.0. The first-order valence-corrected chi connectivity index (χ1v) is 8.26. The standard InChI is InChI=1S/C20H21F2NO/c1-13-4-3-5-14(2)20(13)23-12-15(6-9-19(23)24)10-16-7-8-17(21)11-18(16)22/h3-5,7-8,11,15H,6,9-10,12H2,1-2H3. The van der Waals surface area contributed by atoms with Crippen LogP contribution in [0, 0.1) is 31.4 Å². The molecule has 1 unspecified atom stereocenters. The number of carbonyl (C=O) groups excluding carboxylic acids is 1. The molecule has 1 aliphatic rings. The van der Waals surface area contributed by atoms with Crippen molar-refractivity contribution in [3.8, 4) is 0 Å². The monoisotopic (exact) mass is 329 g/mol. The van der Waals surface area contributed by atoms with Gasteiger partial charge < -0.3 is 4.90 Å². The van der Waals surface area contributed by atoms with E-state index < -0.39 is 11.6 Å². The number of para-hydroxylation sites is 1. The molecule has 1 heterocycles. The summed E-state index contributed by atoms with van der Waals surface area (Å²) in [7, 11) is 0. The van der Waals surface area contributed by atoms with Crippen molar-refractivity contribution in [2.24, 2.45) is 5.92 Å². The fourth-order valence-corrected chi connectivity index (χ4v) is 3.53. The van der Waals surface area contributed by atoms with Crippen LogP contribution in [0.15, 0.2) is 36.4 Å². The number of hydrogen-bond acceptors (Lipinski definition) is 1. The van der Waals surface area contributed by atoms with Crippen LogP contribution in [-0.4, -0.2) is 12.5 Å². The van der Waals surface area contributed by atoms with Gasteiger partial charge in [-0.1, -0.05) is 24.3 Å². The normalized spacial score (nSPS) is 18.1. The third-order valence-electron chi connectivity index (χ3n) is 4.74. The molecule has 24 heavy (non-hydrogen) atoms. The molecule has 0 radical (unpaired) electrons. The van der Waals surface area contributed by atoms with Crippen LogP contribution in [0.25, 0.3) is 0 Å². The van der Waals surface area contributed by atoms with Crippen LogP contribution < -0.4 is 4.90 Å². The lowest BCUT2D eigenvalue weighted by Gasteiger charge is -2.34. The van der Waals surface area contributed by atoms with Crippen LogP contribution in [0.4, 0.5) is 14.5 Å². The Labute approximate surface area is 141 Å². The number of aryl methyl sites for hydroxylation is 2. The Morgan fingerprint density at radius 3 is 2.50 bits per heavy atom. The lowest BCUT2D eigenvalue weighted by molar-refractivity contribution is -0.120. The largest absolute Gasteiger partial charge is 0.312 e. The Morgan fingerprint density at radius 2 is 1.83 bits per heavy atom.